The molecule has 20 heteroatoms. The normalized spacial score (nSPS) is 18.4. The molecule has 7 unspecified atom stereocenters. The number of rotatable bonds is 29. The molecule has 1 aromatic rings. The van der Waals surface area contributed by atoms with E-state index in [0.29, 0.717) is 43.8 Å². The summed E-state index contributed by atoms with van der Waals surface area (Å²) in [5, 5.41) is 23.2. The second-order valence-electron chi connectivity index (χ2n) is 21.4. The second kappa shape index (κ2) is 30.0. The van der Waals surface area contributed by atoms with Gasteiger partial charge >= 0.3 is 11.9 Å². The molecule has 0 aromatic heterocycles. The Morgan fingerprint density at radius 1 is 0.787 bits per heavy atom. The van der Waals surface area contributed by atoms with E-state index in [2.05, 4.69) is 21.3 Å². The fourth-order valence-corrected chi connectivity index (χ4v) is 9.11. The number of nitrogens with zero attached hydrogens (tertiary/aromatic N) is 3. The Morgan fingerprint density at radius 3 is 1.92 bits per heavy atom. The number of ether oxygens (including phenoxy) is 3. The average molecular weight is 1050 g/mol. The zero-order valence-electron chi connectivity index (χ0n) is 46.8. The molecular formula is C55H87N7O13. The number of aliphatic hydroxyl groups excluding tert-OH is 1. The van der Waals surface area contributed by atoms with E-state index >= 15 is 0 Å². The van der Waals surface area contributed by atoms with Crippen molar-refractivity contribution in [1.82, 2.24) is 36.0 Å². The molecule has 0 saturated carbocycles. The molecule has 1 aromatic carbocycles. The van der Waals surface area contributed by atoms with Crippen LogP contribution in [0.15, 0.2) is 36.4 Å². The van der Waals surface area contributed by atoms with Gasteiger partial charge in [-0.1, -0.05) is 86.1 Å². The lowest BCUT2D eigenvalue weighted by Gasteiger charge is -2.35. The molecule has 3 rings (SSSR count). The number of hydrogen-bond donors (Lipinski definition) is 5. The predicted octanol–water partition coefficient (Wildman–Crippen LogP) is 3.11. The smallest absolute Gasteiger partial charge is 0.329 e. The van der Waals surface area contributed by atoms with Crippen molar-refractivity contribution in [2.24, 2.45) is 29.6 Å². The Hall–Kier alpha value is -5.89. The number of likely N-dealkylation sites (N-methyl/N-ethyl adjacent to an activating group) is 2. The highest BCUT2D eigenvalue weighted by atomic mass is 16.6. The predicted molar refractivity (Wildman–Crippen MR) is 281 cm³/mol. The highest BCUT2D eigenvalue weighted by Crippen LogP contribution is 2.22. The van der Waals surface area contributed by atoms with Crippen LogP contribution in [0, 0.1) is 29.6 Å². The van der Waals surface area contributed by atoms with Crippen LogP contribution >= 0.6 is 0 Å². The van der Waals surface area contributed by atoms with Gasteiger partial charge < -0.3 is 50.0 Å². The van der Waals surface area contributed by atoms with E-state index in [1.165, 1.54) is 51.8 Å². The maximum Gasteiger partial charge on any atom is 0.329 e. The molecule has 420 valence electrons. The van der Waals surface area contributed by atoms with Gasteiger partial charge in [0, 0.05) is 47.1 Å². The van der Waals surface area contributed by atoms with Gasteiger partial charge in [0.1, 0.15) is 42.1 Å². The van der Waals surface area contributed by atoms with Gasteiger partial charge in [0.25, 0.3) is 0 Å². The molecule has 75 heavy (non-hydrogen) atoms. The summed E-state index contributed by atoms with van der Waals surface area (Å²) in [5.41, 5.74) is 0.668. The Morgan fingerprint density at radius 2 is 1.40 bits per heavy atom. The summed E-state index contributed by atoms with van der Waals surface area (Å²) in [5.74, 6) is -7.81. The summed E-state index contributed by atoms with van der Waals surface area (Å²) in [4.78, 5) is 129. The molecule has 20 nitrogen and oxygen atoms in total. The summed E-state index contributed by atoms with van der Waals surface area (Å²) in [6.07, 6.45) is 1.04. The van der Waals surface area contributed by atoms with E-state index in [1.807, 2.05) is 27.7 Å². The van der Waals surface area contributed by atoms with Crippen LogP contribution < -0.4 is 26.0 Å². The van der Waals surface area contributed by atoms with Crippen LogP contribution in [-0.4, -0.2) is 168 Å². The third kappa shape index (κ3) is 18.7. The van der Waals surface area contributed by atoms with Gasteiger partial charge in [0.05, 0.1) is 31.6 Å². The fraction of sp³-hybridized carbons (Fsp3) is 0.691. The van der Waals surface area contributed by atoms with Crippen molar-refractivity contribution in [2.75, 3.05) is 40.8 Å². The van der Waals surface area contributed by atoms with Crippen molar-refractivity contribution in [1.29, 1.82) is 0 Å². The van der Waals surface area contributed by atoms with Crippen LogP contribution in [0.3, 0.4) is 0 Å². The molecule has 6 amide bonds. The number of benzene rings is 1. The quantitative estimate of drug-likeness (QED) is 0.0439. The highest BCUT2D eigenvalue weighted by molar-refractivity contribution is 6.05. The first kappa shape index (κ1) is 63.4. The molecule has 1 fully saturated rings. The minimum absolute atomic E-state index is 0.0221. The van der Waals surface area contributed by atoms with Crippen LogP contribution in [0.1, 0.15) is 120 Å². The van der Waals surface area contributed by atoms with Gasteiger partial charge in [-0.15, -0.1) is 0 Å². The van der Waals surface area contributed by atoms with Crippen molar-refractivity contribution >= 4 is 53.2 Å². The van der Waals surface area contributed by atoms with E-state index < -0.39 is 120 Å². The summed E-state index contributed by atoms with van der Waals surface area (Å²) < 4.78 is 17.0. The molecular weight excluding hydrogens is 967 g/mol. The van der Waals surface area contributed by atoms with Gasteiger partial charge in [-0.05, 0) is 80.9 Å². The molecule has 0 spiro atoms. The number of carbonyl (C=O) groups excluding carboxylic acids is 9. The van der Waals surface area contributed by atoms with Gasteiger partial charge in [-0.3, -0.25) is 43.7 Å². The van der Waals surface area contributed by atoms with Crippen LogP contribution in [0.5, 0.6) is 5.75 Å². The second-order valence-corrected chi connectivity index (χ2v) is 21.4. The number of esters is 2. The minimum atomic E-state index is -1.65. The molecule has 0 bridgehead atoms. The highest BCUT2D eigenvalue weighted by Gasteiger charge is 2.41. The lowest BCUT2D eigenvalue weighted by Crippen LogP contribution is -2.62. The Bertz CT molecular complexity index is 2140. The number of amides is 6. The number of methoxy groups -OCH3 is 1. The molecule has 0 aliphatic carbocycles. The molecule has 5 N–H and O–H groups in total. The van der Waals surface area contributed by atoms with Crippen molar-refractivity contribution in [3.63, 3.8) is 0 Å². The maximum atomic E-state index is 14.8. The fourth-order valence-electron chi connectivity index (χ4n) is 9.11. The zero-order valence-corrected chi connectivity index (χ0v) is 46.8. The molecule has 11 atom stereocenters. The van der Waals surface area contributed by atoms with Gasteiger partial charge in [-0.2, -0.15) is 0 Å². The number of ketones is 1. The lowest BCUT2D eigenvalue weighted by atomic mass is 9.91. The van der Waals surface area contributed by atoms with Gasteiger partial charge in [-0.25, -0.2) is 4.79 Å². The monoisotopic (exact) mass is 1050 g/mol. The SMILES string of the molecule is CC[C@H](C)C(NC(=O)C(NC(=O)C(CC(C)C)N(C)C(=O)[C@@H]1C=CCN1)C(C)OC(=O)C(Cc1ccc(OC)cc1)N(C)C(C)=O)C(O)CC(=O)O[C@H](C(=O)[C@H](C)C(=O)NC(CC(C)C)C(=O)N1CCCC1)C(C)C. The van der Waals surface area contributed by atoms with Crippen molar-refractivity contribution < 1.29 is 62.5 Å². The molecule has 2 heterocycles. The summed E-state index contributed by atoms with van der Waals surface area (Å²) in [6.45, 7) is 20.1. The third-order valence-corrected chi connectivity index (χ3v) is 14.1. The third-order valence-electron chi connectivity index (χ3n) is 14.1. The Kier molecular flexibility index (Phi) is 25.4. The van der Waals surface area contributed by atoms with Crippen molar-refractivity contribution in [3.8, 4) is 5.75 Å². The average Bonchev–Trinajstić information content (AvgIpc) is 4.12. The van der Waals surface area contributed by atoms with Gasteiger partial charge in [0.2, 0.25) is 35.4 Å². The molecule has 0 radical (unpaired) electrons. The first-order valence-corrected chi connectivity index (χ1v) is 26.6. The molecule has 2 aliphatic heterocycles. The maximum absolute atomic E-state index is 14.8. The Balaban J connectivity index is 1.93. The zero-order chi connectivity index (χ0) is 56.4. The largest absolute Gasteiger partial charge is 0.497 e. The number of carbonyl (C=O) groups is 9. The number of Topliss-reactive ketones (excluding diaryl/α,β-unsaturated/α-hetero) is 1. The molecule has 1 saturated heterocycles. The van der Waals surface area contributed by atoms with Crippen molar-refractivity contribution in [2.45, 2.75) is 176 Å². The number of nitrogens with one attached hydrogen (secondary N) is 4. The lowest BCUT2D eigenvalue weighted by molar-refractivity contribution is -0.163. The summed E-state index contributed by atoms with van der Waals surface area (Å²) in [6, 6.07) is 0.265. The summed E-state index contributed by atoms with van der Waals surface area (Å²) >= 11 is 0. The standard InChI is InChI=1S/C55H87N7O13/c1-15-34(8)46(44(64)30-45(65)75-49(33(6)7)48(66)35(9)50(67)57-41(27-31(2)3)54(71)62-25-16-17-26-62)58-52(69)47(59-51(68)42(28-32(4)5)61(13)53(70)40-19-18-24-56-40)36(10)74-55(72)43(60(12)37(11)63)29-38-20-22-39(73-14)23-21-38/h18-23,31-36,40-44,46-47,49,56,64H,15-17,24-30H2,1-14H3,(H,57,67)(H,58,69)(H,59,68)/t34-,35-,36?,40-,41?,42?,43?,44?,46?,47?,49-/m0/s1. The van der Waals surface area contributed by atoms with E-state index in [0.717, 1.165) is 12.8 Å². The van der Waals surface area contributed by atoms with Crippen molar-refractivity contribution in [3.05, 3.63) is 42.0 Å². The van der Waals surface area contributed by atoms with Gasteiger partial charge in [0.15, 0.2) is 11.9 Å². The van der Waals surface area contributed by atoms with E-state index in [4.69, 9.17) is 14.2 Å². The van der Waals surface area contributed by atoms with Crippen LogP contribution in [0.2, 0.25) is 0 Å². The van der Waals surface area contributed by atoms with Crippen LogP contribution in [0.25, 0.3) is 0 Å². The van der Waals surface area contributed by atoms with E-state index in [-0.39, 0.29) is 36.5 Å². The summed E-state index contributed by atoms with van der Waals surface area (Å²) in [7, 11) is 4.45. The number of likely N-dealkylation sites (tertiary alicyclic amines) is 1. The number of hydrogen-bond acceptors (Lipinski definition) is 14. The molecule has 2 aliphatic rings. The van der Waals surface area contributed by atoms with E-state index in [1.54, 1.807) is 69.0 Å². The Labute approximate surface area is 444 Å². The van der Waals surface area contributed by atoms with Crippen LogP contribution in [-0.2, 0) is 59.0 Å². The van der Waals surface area contributed by atoms with E-state index in [9.17, 15) is 48.3 Å². The topological polar surface area (TPSA) is 259 Å². The minimum Gasteiger partial charge on any atom is -0.497 e. The number of aliphatic hydroxyl groups is 1. The van der Waals surface area contributed by atoms with Crippen LogP contribution in [0.4, 0.5) is 0 Å². The first-order valence-electron chi connectivity index (χ1n) is 26.6. The first-order chi connectivity index (χ1) is 35.2.